The summed E-state index contributed by atoms with van der Waals surface area (Å²) in [5, 5.41) is 11.7. The van der Waals surface area contributed by atoms with Crippen molar-refractivity contribution in [2.24, 2.45) is 5.92 Å². The molecule has 0 bridgehead atoms. The van der Waals surface area contributed by atoms with Crippen molar-refractivity contribution in [3.05, 3.63) is 42.4 Å². The van der Waals surface area contributed by atoms with Gasteiger partial charge in [0, 0.05) is 18.4 Å². The second-order valence-electron chi connectivity index (χ2n) is 6.43. The minimum Gasteiger partial charge on any atom is -0.480 e. The van der Waals surface area contributed by atoms with Gasteiger partial charge in [0.15, 0.2) is 11.7 Å². The smallest absolute Gasteiger partial charge is 0.326 e. The number of oxazole rings is 1. The molecule has 6 heteroatoms. The quantitative estimate of drug-likeness (QED) is 0.728. The molecule has 0 aliphatic carbocycles. The molecule has 1 heterocycles. The van der Waals surface area contributed by atoms with Crippen LogP contribution in [0, 0.1) is 5.92 Å². The Hall–Kier alpha value is -2.63. The van der Waals surface area contributed by atoms with Crippen LogP contribution in [0.5, 0.6) is 0 Å². The fourth-order valence-corrected chi connectivity index (χ4v) is 2.52. The maximum Gasteiger partial charge on any atom is 0.326 e. The Labute approximate surface area is 147 Å². The summed E-state index contributed by atoms with van der Waals surface area (Å²) < 4.78 is 5.69. The van der Waals surface area contributed by atoms with Crippen molar-refractivity contribution in [3.63, 3.8) is 0 Å². The van der Waals surface area contributed by atoms with Crippen molar-refractivity contribution in [1.29, 1.82) is 0 Å². The number of carboxylic acids is 1. The summed E-state index contributed by atoms with van der Waals surface area (Å²) >= 11 is 0. The zero-order valence-electron chi connectivity index (χ0n) is 14.6. The number of amides is 1. The van der Waals surface area contributed by atoms with Crippen molar-refractivity contribution in [2.75, 3.05) is 0 Å². The monoisotopic (exact) mass is 344 g/mol. The summed E-state index contributed by atoms with van der Waals surface area (Å²) in [5.74, 6) is 0.210. The molecule has 6 nitrogen and oxygen atoms in total. The first-order valence-corrected chi connectivity index (χ1v) is 8.48. The van der Waals surface area contributed by atoms with Crippen LogP contribution in [0.2, 0.25) is 0 Å². The highest BCUT2D eigenvalue weighted by Gasteiger charge is 2.20. The summed E-state index contributed by atoms with van der Waals surface area (Å²) in [4.78, 5) is 27.3. The van der Waals surface area contributed by atoms with Crippen LogP contribution >= 0.6 is 0 Å². The lowest BCUT2D eigenvalue weighted by Gasteiger charge is -2.16. The third kappa shape index (κ3) is 6.06. The Morgan fingerprint density at radius 3 is 2.60 bits per heavy atom. The van der Waals surface area contributed by atoms with E-state index >= 15 is 0 Å². The molecule has 1 aromatic carbocycles. The van der Waals surface area contributed by atoms with Gasteiger partial charge in [0.1, 0.15) is 6.04 Å². The minimum atomic E-state index is -0.998. The molecule has 0 saturated heterocycles. The summed E-state index contributed by atoms with van der Waals surface area (Å²) in [7, 11) is 0. The molecular weight excluding hydrogens is 320 g/mol. The van der Waals surface area contributed by atoms with Gasteiger partial charge in [-0.2, -0.15) is 0 Å². The third-order valence-electron chi connectivity index (χ3n) is 3.75. The van der Waals surface area contributed by atoms with E-state index in [2.05, 4.69) is 10.3 Å². The number of carbonyl (C=O) groups is 2. The largest absolute Gasteiger partial charge is 0.480 e. The fraction of sp³-hybridized carbons (Fsp3) is 0.421. The van der Waals surface area contributed by atoms with Crippen LogP contribution < -0.4 is 5.32 Å². The van der Waals surface area contributed by atoms with Crippen molar-refractivity contribution < 1.29 is 19.1 Å². The number of nitrogens with zero attached hydrogens (tertiary/aromatic N) is 1. The lowest BCUT2D eigenvalue weighted by atomic mass is 10.0. The molecule has 1 atom stereocenters. The first-order chi connectivity index (χ1) is 12.0. The predicted molar refractivity (Wildman–Crippen MR) is 93.9 cm³/mol. The molecule has 2 rings (SSSR count). The van der Waals surface area contributed by atoms with E-state index < -0.39 is 12.0 Å². The van der Waals surface area contributed by atoms with E-state index in [1.165, 1.54) is 0 Å². The molecule has 25 heavy (non-hydrogen) atoms. The lowest BCUT2D eigenvalue weighted by Crippen LogP contribution is -2.41. The normalized spacial score (nSPS) is 12.1. The van der Waals surface area contributed by atoms with Crippen LogP contribution in [-0.2, 0) is 16.0 Å². The van der Waals surface area contributed by atoms with Crippen molar-refractivity contribution in [3.8, 4) is 11.3 Å². The molecule has 134 valence electrons. The first-order valence-electron chi connectivity index (χ1n) is 8.48. The van der Waals surface area contributed by atoms with Gasteiger partial charge >= 0.3 is 5.97 Å². The van der Waals surface area contributed by atoms with Crippen LogP contribution in [-0.4, -0.2) is 28.0 Å². The van der Waals surface area contributed by atoms with E-state index in [9.17, 15) is 9.59 Å². The Morgan fingerprint density at radius 2 is 1.96 bits per heavy atom. The topological polar surface area (TPSA) is 92.4 Å². The number of carbonyl (C=O) groups excluding carboxylic acids is 1. The average Bonchev–Trinajstić information content (AvgIpc) is 3.03. The van der Waals surface area contributed by atoms with Gasteiger partial charge in [-0.3, -0.25) is 4.79 Å². The number of hydrogen-bond acceptors (Lipinski definition) is 4. The lowest BCUT2D eigenvalue weighted by molar-refractivity contribution is -0.142. The number of nitrogens with one attached hydrogen (secondary N) is 1. The van der Waals surface area contributed by atoms with Crippen LogP contribution in [0.15, 0.2) is 40.9 Å². The maximum absolute atomic E-state index is 11.9. The van der Waals surface area contributed by atoms with E-state index in [0.29, 0.717) is 30.9 Å². The Balaban J connectivity index is 1.79. The molecule has 0 radical (unpaired) electrons. The molecule has 0 spiro atoms. The van der Waals surface area contributed by atoms with E-state index in [-0.39, 0.29) is 18.2 Å². The minimum absolute atomic E-state index is 0.199. The van der Waals surface area contributed by atoms with Crippen molar-refractivity contribution >= 4 is 11.9 Å². The second kappa shape index (κ2) is 9.01. The van der Waals surface area contributed by atoms with E-state index in [4.69, 9.17) is 9.52 Å². The number of carboxylic acid groups (broad SMARTS) is 1. The maximum atomic E-state index is 11.9. The third-order valence-corrected chi connectivity index (χ3v) is 3.75. The zero-order chi connectivity index (χ0) is 18.2. The number of benzene rings is 1. The van der Waals surface area contributed by atoms with Gasteiger partial charge in [-0.15, -0.1) is 0 Å². The summed E-state index contributed by atoms with van der Waals surface area (Å²) in [5.41, 5.74) is 0.956. The van der Waals surface area contributed by atoms with E-state index in [0.717, 1.165) is 5.56 Å². The molecule has 2 aromatic rings. The number of rotatable bonds is 9. The van der Waals surface area contributed by atoms with Crippen LogP contribution in [0.4, 0.5) is 0 Å². The molecule has 0 fully saturated rings. The molecule has 0 saturated carbocycles. The molecule has 0 unspecified atom stereocenters. The predicted octanol–water partition coefficient (Wildman–Crippen LogP) is 3.28. The highest BCUT2D eigenvalue weighted by atomic mass is 16.4. The number of aliphatic carboxylic acids is 1. The number of aromatic nitrogens is 1. The zero-order valence-corrected chi connectivity index (χ0v) is 14.6. The number of hydrogen-bond donors (Lipinski definition) is 2. The Morgan fingerprint density at radius 1 is 1.24 bits per heavy atom. The van der Waals surface area contributed by atoms with Gasteiger partial charge in [-0.1, -0.05) is 44.2 Å². The summed E-state index contributed by atoms with van der Waals surface area (Å²) in [6.07, 6.45) is 3.41. The second-order valence-corrected chi connectivity index (χ2v) is 6.43. The summed E-state index contributed by atoms with van der Waals surface area (Å²) in [6.45, 7) is 3.85. The van der Waals surface area contributed by atoms with Gasteiger partial charge in [-0.05, 0) is 18.8 Å². The molecule has 0 aliphatic rings. The van der Waals surface area contributed by atoms with Crippen LogP contribution in [0.25, 0.3) is 11.3 Å². The highest BCUT2D eigenvalue weighted by molar-refractivity contribution is 5.83. The van der Waals surface area contributed by atoms with Gasteiger partial charge in [0.2, 0.25) is 5.91 Å². The van der Waals surface area contributed by atoms with Crippen molar-refractivity contribution in [2.45, 2.75) is 45.6 Å². The van der Waals surface area contributed by atoms with Gasteiger partial charge in [0.25, 0.3) is 0 Å². The molecule has 0 aliphatic heterocycles. The first kappa shape index (κ1) is 18.7. The van der Waals surface area contributed by atoms with Gasteiger partial charge in [0.05, 0.1) is 6.20 Å². The standard InChI is InChI=1S/C19H24N2O4/c1-13(2)11-15(19(23)24)21-17(22)9-6-10-18-20-12-16(25-18)14-7-4-3-5-8-14/h3-5,7-8,12-13,15H,6,9-11H2,1-2H3,(H,21,22)(H,23,24)/t15-/m0/s1. The molecular formula is C19H24N2O4. The average molecular weight is 344 g/mol. The van der Waals surface area contributed by atoms with Crippen LogP contribution in [0.3, 0.4) is 0 Å². The number of aryl methyl sites for hydroxylation is 1. The fourth-order valence-electron chi connectivity index (χ4n) is 2.52. The molecule has 2 N–H and O–H groups in total. The van der Waals surface area contributed by atoms with Crippen LogP contribution in [0.1, 0.15) is 39.0 Å². The van der Waals surface area contributed by atoms with Crippen molar-refractivity contribution in [1.82, 2.24) is 10.3 Å². The molecule has 1 amide bonds. The van der Waals surface area contributed by atoms with E-state index in [1.54, 1.807) is 6.20 Å². The Bertz CT molecular complexity index is 694. The van der Waals surface area contributed by atoms with E-state index in [1.807, 2.05) is 44.2 Å². The SMILES string of the molecule is CC(C)C[C@H](NC(=O)CCCc1ncc(-c2ccccc2)o1)C(=O)O. The summed E-state index contributed by atoms with van der Waals surface area (Å²) in [6, 6.07) is 8.84. The highest BCUT2D eigenvalue weighted by Crippen LogP contribution is 2.20. The molecule has 1 aromatic heterocycles. The Kier molecular flexibility index (Phi) is 6.74. The van der Waals surface area contributed by atoms with Gasteiger partial charge in [-0.25, -0.2) is 9.78 Å². The van der Waals surface area contributed by atoms with Gasteiger partial charge < -0.3 is 14.8 Å².